The summed E-state index contributed by atoms with van der Waals surface area (Å²) in [4.78, 5) is 0. The van der Waals surface area contributed by atoms with Gasteiger partial charge in [-0.25, -0.2) is 0 Å². The van der Waals surface area contributed by atoms with Gasteiger partial charge in [0.2, 0.25) is 0 Å². The predicted octanol–water partition coefficient (Wildman–Crippen LogP) is 4.81. The lowest BCUT2D eigenvalue weighted by Crippen LogP contribution is -2.23. The van der Waals surface area contributed by atoms with Gasteiger partial charge in [-0.15, -0.1) is 23.1 Å². The molecule has 1 atom stereocenters. The molecule has 2 aromatic rings. The van der Waals surface area contributed by atoms with Crippen LogP contribution in [0.4, 0.5) is 0 Å². The van der Waals surface area contributed by atoms with Crippen LogP contribution in [-0.4, -0.2) is 12.3 Å². The maximum Gasteiger partial charge on any atom is 0.0599 e. The zero-order valence-corrected chi connectivity index (χ0v) is 13.4. The molecule has 0 aliphatic carbocycles. The van der Waals surface area contributed by atoms with E-state index in [0.717, 1.165) is 12.3 Å². The summed E-state index contributed by atoms with van der Waals surface area (Å²) in [6.07, 6.45) is 0. The lowest BCUT2D eigenvalue weighted by Gasteiger charge is -2.20. The van der Waals surface area contributed by atoms with Gasteiger partial charge in [-0.05, 0) is 43.0 Å². The molecule has 1 aromatic carbocycles. The van der Waals surface area contributed by atoms with Gasteiger partial charge in [0.25, 0.3) is 0 Å². The number of aryl methyl sites for hydroxylation is 2. The van der Waals surface area contributed by atoms with Crippen LogP contribution in [0.1, 0.15) is 29.7 Å². The van der Waals surface area contributed by atoms with E-state index in [2.05, 4.69) is 61.8 Å². The van der Waals surface area contributed by atoms with Crippen molar-refractivity contribution in [3.05, 3.63) is 52.4 Å². The standard InChI is InChI=1S/C16H21NS2/c1-4-17-15(11-19-16-6-5-9-18-16)14-8-7-12(2)10-13(14)3/h5-10,15,17H,4,11H2,1-3H3. The van der Waals surface area contributed by atoms with Crippen LogP contribution < -0.4 is 5.32 Å². The van der Waals surface area contributed by atoms with E-state index >= 15 is 0 Å². The summed E-state index contributed by atoms with van der Waals surface area (Å²) in [6, 6.07) is 11.5. The summed E-state index contributed by atoms with van der Waals surface area (Å²) < 4.78 is 1.40. The van der Waals surface area contributed by atoms with E-state index < -0.39 is 0 Å². The van der Waals surface area contributed by atoms with Crippen LogP contribution in [-0.2, 0) is 0 Å². The molecule has 0 aliphatic rings. The first-order chi connectivity index (χ1) is 9.20. The topological polar surface area (TPSA) is 12.0 Å². The molecule has 1 unspecified atom stereocenters. The van der Waals surface area contributed by atoms with Crippen molar-refractivity contribution in [1.29, 1.82) is 0 Å². The highest BCUT2D eigenvalue weighted by Gasteiger charge is 2.13. The molecule has 0 saturated heterocycles. The number of thiophene rings is 1. The monoisotopic (exact) mass is 291 g/mol. The van der Waals surface area contributed by atoms with Gasteiger partial charge in [-0.2, -0.15) is 0 Å². The molecule has 3 heteroatoms. The quantitative estimate of drug-likeness (QED) is 0.767. The Morgan fingerprint density at radius 2 is 2.11 bits per heavy atom. The third-order valence-corrected chi connectivity index (χ3v) is 5.36. The van der Waals surface area contributed by atoms with Crippen LogP contribution in [0.3, 0.4) is 0 Å². The summed E-state index contributed by atoms with van der Waals surface area (Å²) >= 11 is 3.76. The highest BCUT2D eigenvalue weighted by atomic mass is 32.2. The maximum absolute atomic E-state index is 3.61. The molecule has 1 N–H and O–H groups in total. The number of nitrogens with one attached hydrogen (secondary N) is 1. The molecule has 0 spiro atoms. The fraction of sp³-hybridized carbons (Fsp3) is 0.375. The summed E-state index contributed by atoms with van der Waals surface area (Å²) in [5.41, 5.74) is 4.15. The fourth-order valence-corrected chi connectivity index (χ4v) is 4.13. The van der Waals surface area contributed by atoms with Crippen molar-refractivity contribution < 1.29 is 0 Å². The molecule has 0 bridgehead atoms. The first-order valence-electron chi connectivity index (χ1n) is 6.67. The fourth-order valence-electron chi connectivity index (χ4n) is 2.23. The number of hydrogen-bond acceptors (Lipinski definition) is 3. The Kier molecular flexibility index (Phi) is 5.49. The summed E-state index contributed by atoms with van der Waals surface area (Å²) in [5, 5.41) is 5.75. The molecule has 0 fully saturated rings. The van der Waals surface area contributed by atoms with Crippen molar-refractivity contribution in [1.82, 2.24) is 5.32 Å². The van der Waals surface area contributed by atoms with Crippen molar-refractivity contribution >= 4 is 23.1 Å². The number of hydrogen-bond donors (Lipinski definition) is 1. The zero-order chi connectivity index (χ0) is 13.7. The van der Waals surface area contributed by atoms with Crippen molar-refractivity contribution in [3.8, 4) is 0 Å². The van der Waals surface area contributed by atoms with Gasteiger partial charge < -0.3 is 5.32 Å². The molecule has 19 heavy (non-hydrogen) atoms. The highest BCUT2D eigenvalue weighted by Crippen LogP contribution is 2.29. The molecule has 0 aliphatic heterocycles. The average molecular weight is 291 g/mol. The molecule has 1 aromatic heterocycles. The third kappa shape index (κ3) is 4.10. The Morgan fingerprint density at radius 3 is 2.74 bits per heavy atom. The number of thioether (sulfide) groups is 1. The largest absolute Gasteiger partial charge is 0.309 e. The SMILES string of the molecule is CCNC(CSc1cccs1)c1ccc(C)cc1C. The first-order valence-corrected chi connectivity index (χ1v) is 8.54. The lowest BCUT2D eigenvalue weighted by molar-refractivity contribution is 0.603. The molecular weight excluding hydrogens is 270 g/mol. The normalized spacial score (nSPS) is 12.6. The van der Waals surface area contributed by atoms with E-state index in [1.165, 1.54) is 20.9 Å². The van der Waals surface area contributed by atoms with E-state index in [4.69, 9.17) is 0 Å². The second-order valence-electron chi connectivity index (χ2n) is 4.71. The van der Waals surface area contributed by atoms with Gasteiger partial charge in [-0.3, -0.25) is 0 Å². The van der Waals surface area contributed by atoms with E-state index in [-0.39, 0.29) is 0 Å². The van der Waals surface area contributed by atoms with Crippen LogP contribution in [0, 0.1) is 13.8 Å². The minimum absolute atomic E-state index is 0.428. The molecule has 2 rings (SSSR count). The van der Waals surface area contributed by atoms with Crippen molar-refractivity contribution in [3.63, 3.8) is 0 Å². The number of benzene rings is 1. The third-order valence-electron chi connectivity index (χ3n) is 3.14. The van der Waals surface area contributed by atoms with Gasteiger partial charge >= 0.3 is 0 Å². The van der Waals surface area contributed by atoms with E-state index in [0.29, 0.717) is 6.04 Å². The molecule has 0 amide bonds. The second-order valence-corrected chi connectivity index (χ2v) is 6.98. The van der Waals surface area contributed by atoms with E-state index in [1.807, 2.05) is 23.1 Å². The molecule has 1 heterocycles. The molecule has 0 radical (unpaired) electrons. The van der Waals surface area contributed by atoms with Crippen molar-refractivity contribution in [2.75, 3.05) is 12.3 Å². The van der Waals surface area contributed by atoms with Crippen LogP contribution in [0.5, 0.6) is 0 Å². The Bertz CT molecular complexity index is 505. The first kappa shape index (κ1) is 14.6. The second kappa shape index (κ2) is 7.13. The Balaban J connectivity index is 2.10. The summed E-state index contributed by atoms with van der Waals surface area (Å²) in [6.45, 7) is 7.54. The van der Waals surface area contributed by atoms with Crippen LogP contribution in [0.25, 0.3) is 0 Å². The summed E-state index contributed by atoms with van der Waals surface area (Å²) in [7, 11) is 0. The molecule has 102 valence electrons. The molecule has 0 saturated carbocycles. The van der Waals surface area contributed by atoms with Crippen molar-refractivity contribution in [2.45, 2.75) is 31.0 Å². The minimum atomic E-state index is 0.428. The minimum Gasteiger partial charge on any atom is -0.309 e. The van der Waals surface area contributed by atoms with Crippen LogP contribution >= 0.6 is 23.1 Å². The van der Waals surface area contributed by atoms with Crippen LogP contribution in [0.15, 0.2) is 39.9 Å². The van der Waals surface area contributed by atoms with Crippen LogP contribution in [0.2, 0.25) is 0 Å². The molecular formula is C16H21NS2. The van der Waals surface area contributed by atoms with Gasteiger partial charge in [0.15, 0.2) is 0 Å². The van der Waals surface area contributed by atoms with Gasteiger partial charge in [0, 0.05) is 11.8 Å². The number of rotatable bonds is 6. The highest BCUT2D eigenvalue weighted by molar-refractivity contribution is 8.01. The zero-order valence-electron chi connectivity index (χ0n) is 11.8. The van der Waals surface area contributed by atoms with Gasteiger partial charge in [0.05, 0.1) is 4.21 Å². The van der Waals surface area contributed by atoms with E-state index in [9.17, 15) is 0 Å². The van der Waals surface area contributed by atoms with E-state index in [1.54, 1.807) is 0 Å². The molecule has 1 nitrogen and oxygen atoms in total. The maximum atomic E-state index is 3.61. The lowest BCUT2D eigenvalue weighted by atomic mass is 10.0. The predicted molar refractivity (Wildman–Crippen MR) is 87.4 cm³/mol. The Morgan fingerprint density at radius 1 is 1.26 bits per heavy atom. The Labute approximate surface area is 124 Å². The Hall–Kier alpha value is -0.770. The van der Waals surface area contributed by atoms with Gasteiger partial charge in [0.1, 0.15) is 0 Å². The smallest absolute Gasteiger partial charge is 0.0599 e. The summed E-state index contributed by atoms with van der Waals surface area (Å²) in [5.74, 6) is 1.08. The average Bonchev–Trinajstić information content (AvgIpc) is 2.88. The van der Waals surface area contributed by atoms with Gasteiger partial charge in [-0.1, -0.05) is 36.8 Å². The van der Waals surface area contributed by atoms with Crippen molar-refractivity contribution in [2.24, 2.45) is 0 Å².